The van der Waals surface area contributed by atoms with E-state index < -0.39 is 12.5 Å². The topological polar surface area (TPSA) is 66.0 Å². The number of hydrogen-bond donors (Lipinski definition) is 1. The van der Waals surface area contributed by atoms with Crippen molar-refractivity contribution in [2.24, 2.45) is 0 Å². The Morgan fingerprint density at radius 1 is 1.04 bits per heavy atom. The highest BCUT2D eigenvalue weighted by atomic mass is 19.3. The van der Waals surface area contributed by atoms with E-state index in [1.165, 1.54) is 39.5 Å². The zero-order valence-electron chi connectivity index (χ0n) is 15.7. The molecule has 1 N–H and O–H groups in total. The summed E-state index contributed by atoms with van der Waals surface area (Å²) in [5.74, 6) is 0.745. The molecule has 0 saturated heterocycles. The SMILES string of the molecule is COc1ccc(CNC(=O)/C=C/c2cccc(OC)c2OC(F)F)cc1OC. The van der Waals surface area contributed by atoms with Crippen LogP contribution in [0.1, 0.15) is 11.1 Å². The molecule has 2 rings (SSSR count). The molecule has 2 aromatic carbocycles. The molecule has 0 spiro atoms. The molecule has 2 aromatic rings. The maximum atomic E-state index is 12.6. The van der Waals surface area contributed by atoms with Crippen LogP contribution in [0.3, 0.4) is 0 Å². The highest BCUT2D eigenvalue weighted by molar-refractivity contribution is 5.92. The average molecular weight is 393 g/mol. The molecule has 0 unspecified atom stereocenters. The molecule has 8 heteroatoms. The van der Waals surface area contributed by atoms with Gasteiger partial charge in [-0.2, -0.15) is 8.78 Å². The van der Waals surface area contributed by atoms with Crippen LogP contribution >= 0.6 is 0 Å². The summed E-state index contributed by atoms with van der Waals surface area (Å²) < 4.78 is 45.2. The van der Waals surface area contributed by atoms with Gasteiger partial charge in [0.2, 0.25) is 5.91 Å². The number of rotatable bonds is 9. The third-order valence-electron chi connectivity index (χ3n) is 3.77. The average Bonchev–Trinajstić information content (AvgIpc) is 2.70. The van der Waals surface area contributed by atoms with Crippen LogP contribution in [0.4, 0.5) is 8.78 Å². The first-order chi connectivity index (χ1) is 13.5. The Balaban J connectivity index is 2.06. The summed E-state index contributed by atoms with van der Waals surface area (Å²) in [6.07, 6.45) is 2.61. The molecule has 6 nitrogen and oxygen atoms in total. The molecule has 0 aliphatic carbocycles. The van der Waals surface area contributed by atoms with E-state index in [9.17, 15) is 13.6 Å². The van der Waals surface area contributed by atoms with E-state index in [0.717, 1.165) is 5.56 Å². The van der Waals surface area contributed by atoms with Crippen LogP contribution in [0.5, 0.6) is 23.0 Å². The van der Waals surface area contributed by atoms with Gasteiger partial charge in [0.1, 0.15) is 0 Å². The first kappa shape index (κ1) is 21.0. The first-order valence-electron chi connectivity index (χ1n) is 8.27. The molecule has 150 valence electrons. The van der Waals surface area contributed by atoms with E-state index in [1.54, 1.807) is 30.3 Å². The Kier molecular flexibility index (Phi) is 7.62. The summed E-state index contributed by atoms with van der Waals surface area (Å²) in [6.45, 7) is -2.76. The maximum Gasteiger partial charge on any atom is 0.387 e. The fourth-order valence-corrected chi connectivity index (χ4v) is 2.44. The molecular weight excluding hydrogens is 372 g/mol. The summed E-state index contributed by atoms with van der Waals surface area (Å²) in [4.78, 5) is 12.1. The monoisotopic (exact) mass is 393 g/mol. The Morgan fingerprint density at radius 3 is 2.39 bits per heavy atom. The fraction of sp³-hybridized carbons (Fsp3) is 0.250. The van der Waals surface area contributed by atoms with Crippen molar-refractivity contribution in [3.8, 4) is 23.0 Å². The van der Waals surface area contributed by atoms with E-state index >= 15 is 0 Å². The van der Waals surface area contributed by atoms with Gasteiger partial charge < -0.3 is 24.3 Å². The van der Waals surface area contributed by atoms with E-state index in [-0.39, 0.29) is 18.0 Å². The molecule has 0 atom stereocenters. The number of amides is 1. The van der Waals surface area contributed by atoms with Crippen LogP contribution in [0, 0.1) is 0 Å². The third-order valence-corrected chi connectivity index (χ3v) is 3.77. The number of methoxy groups -OCH3 is 3. The van der Waals surface area contributed by atoms with Crippen molar-refractivity contribution >= 4 is 12.0 Å². The van der Waals surface area contributed by atoms with Crippen molar-refractivity contribution in [3.05, 3.63) is 53.6 Å². The predicted octanol–water partition coefficient (Wildman–Crippen LogP) is 3.64. The van der Waals surface area contributed by atoms with Gasteiger partial charge in [0, 0.05) is 18.2 Å². The molecule has 28 heavy (non-hydrogen) atoms. The molecule has 0 radical (unpaired) electrons. The molecule has 0 aromatic heterocycles. The summed E-state index contributed by atoms with van der Waals surface area (Å²) in [5, 5.41) is 2.70. The standard InChI is InChI=1S/C20H21F2NO5/c1-25-15-9-7-13(11-17(15)27-3)12-23-18(24)10-8-14-5-4-6-16(26-2)19(14)28-20(21)22/h4-11,20H,12H2,1-3H3,(H,23,24)/b10-8+. The Morgan fingerprint density at radius 2 is 1.75 bits per heavy atom. The minimum Gasteiger partial charge on any atom is -0.493 e. The summed E-state index contributed by atoms with van der Waals surface area (Å²) >= 11 is 0. The molecule has 0 fully saturated rings. The lowest BCUT2D eigenvalue weighted by atomic mass is 10.1. The Bertz CT molecular complexity index is 839. The number of ether oxygens (including phenoxy) is 4. The van der Waals surface area contributed by atoms with Crippen LogP contribution in [0.15, 0.2) is 42.5 Å². The second-order valence-electron chi connectivity index (χ2n) is 5.50. The van der Waals surface area contributed by atoms with Crippen molar-refractivity contribution < 1.29 is 32.5 Å². The van der Waals surface area contributed by atoms with Crippen LogP contribution in [0.25, 0.3) is 6.08 Å². The largest absolute Gasteiger partial charge is 0.493 e. The minimum atomic E-state index is -3.01. The van der Waals surface area contributed by atoms with Gasteiger partial charge in [0.25, 0.3) is 0 Å². The second-order valence-corrected chi connectivity index (χ2v) is 5.50. The van der Waals surface area contributed by atoms with Gasteiger partial charge in [-0.3, -0.25) is 4.79 Å². The number of halogens is 2. The van der Waals surface area contributed by atoms with E-state index in [2.05, 4.69) is 10.1 Å². The van der Waals surface area contributed by atoms with Crippen LogP contribution < -0.4 is 24.3 Å². The highest BCUT2D eigenvalue weighted by Crippen LogP contribution is 2.33. The smallest absolute Gasteiger partial charge is 0.387 e. The van der Waals surface area contributed by atoms with E-state index in [1.807, 2.05) is 0 Å². The number of hydrogen-bond acceptors (Lipinski definition) is 5. The van der Waals surface area contributed by atoms with Gasteiger partial charge in [-0.25, -0.2) is 0 Å². The van der Waals surface area contributed by atoms with Crippen LogP contribution in [-0.4, -0.2) is 33.8 Å². The zero-order chi connectivity index (χ0) is 20.5. The van der Waals surface area contributed by atoms with Crippen LogP contribution in [0.2, 0.25) is 0 Å². The van der Waals surface area contributed by atoms with E-state index in [0.29, 0.717) is 17.1 Å². The minimum absolute atomic E-state index is 0.135. The van der Waals surface area contributed by atoms with Gasteiger partial charge >= 0.3 is 6.61 Å². The molecule has 0 heterocycles. The van der Waals surface area contributed by atoms with Crippen LogP contribution in [-0.2, 0) is 11.3 Å². The third kappa shape index (κ3) is 5.60. The summed E-state index contributed by atoms with van der Waals surface area (Å²) in [5.41, 5.74) is 1.10. The lowest BCUT2D eigenvalue weighted by molar-refractivity contribution is -0.116. The van der Waals surface area contributed by atoms with E-state index in [4.69, 9.17) is 14.2 Å². The highest BCUT2D eigenvalue weighted by Gasteiger charge is 2.14. The van der Waals surface area contributed by atoms with Gasteiger partial charge in [-0.15, -0.1) is 0 Å². The normalized spacial score (nSPS) is 10.8. The molecular formula is C20H21F2NO5. The maximum absolute atomic E-state index is 12.6. The van der Waals surface area contributed by atoms with Crippen molar-refractivity contribution in [2.45, 2.75) is 13.2 Å². The number of carbonyl (C=O) groups is 1. The second kappa shape index (κ2) is 10.1. The molecule has 0 aliphatic rings. The molecule has 0 saturated carbocycles. The van der Waals surface area contributed by atoms with Crippen molar-refractivity contribution in [1.82, 2.24) is 5.32 Å². The quantitative estimate of drug-likeness (QED) is 0.659. The van der Waals surface area contributed by atoms with Gasteiger partial charge in [0.15, 0.2) is 23.0 Å². The Labute approximate surface area is 161 Å². The van der Waals surface area contributed by atoms with Gasteiger partial charge in [0.05, 0.1) is 21.3 Å². The van der Waals surface area contributed by atoms with Crippen molar-refractivity contribution in [2.75, 3.05) is 21.3 Å². The lowest BCUT2D eigenvalue weighted by Gasteiger charge is -2.12. The Hall–Kier alpha value is -3.29. The predicted molar refractivity (Wildman–Crippen MR) is 100 cm³/mol. The van der Waals surface area contributed by atoms with Crippen molar-refractivity contribution in [3.63, 3.8) is 0 Å². The number of alkyl halides is 2. The van der Waals surface area contributed by atoms with Gasteiger partial charge in [-0.1, -0.05) is 18.2 Å². The summed E-state index contributed by atoms with van der Waals surface area (Å²) in [6, 6.07) is 9.92. The number of benzene rings is 2. The molecule has 1 amide bonds. The van der Waals surface area contributed by atoms with Crippen molar-refractivity contribution in [1.29, 1.82) is 0 Å². The molecule has 0 bridgehead atoms. The first-order valence-corrected chi connectivity index (χ1v) is 8.27. The number of nitrogens with one attached hydrogen (secondary N) is 1. The fourth-order valence-electron chi connectivity index (χ4n) is 2.44. The van der Waals surface area contributed by atoms with Gasteiger partial charge in [-0.05, 0) is 29.8 Å². The number of para-hydroxylation sites is 1. The summed E-state index contributed by atoms with van der Waals surface area (Å²) in [7, 11) is 4.40. The lowest BCUT2D eigenvalue weighted by Crippen LogP contribution is -2.20. The zero-order valence-corrected chi connectivity index (χ0v) is 15.7. The molecule has 0 aliphatic heterocycles. The number of carbonyl (C=O) groups excluding carboxylic acids is 1.